The van der Waals surface area contributed by atoms with Gasteiger partial charge in [0.1, 0.15) is 6.54 Å². The zero-order valence-corrected chi connectivity index (χ0v) is 16.1. The van der Waals surface area contributed by atoms with Crippen molar-refractivity contribution in [2.45, 2.75) is 39.7 Å². The molecular formula is C20H29N5O. The van der Waals surface area contributed by atoms with Crippen molar-refractivity contribution in [3.05, 3.63) is 42.1 Å². The zero-order valence-electron chi connectivity index (χ0n) is 16.1. The quantitative estimate of drug-likeness (QED) is 0.549. The maximum Gasteiger partial charge on any atom is 0.242 e. The molecular weight excluding hydrogens is 326 g/mol. The summed E-state index contributed by atoms with van der Waals surface area (Å²) >= 11 is 0. The van der Waals surface area contributed by atoms with E-state index in [-0.39, 0.29) is 18.0 Å². The van der Waals surface area contributed by atoms with Gasteiger partial charge in [-0.05, 0) is 45.7 Å². The first kappa shape index (κ1) is 19.7. The predicted octanol–water partition coefficient (Wildman–Crippen LogP) is 2.25. The van der Waals surface area contributed by atoms with Crippen LogP contribution in [-0.2, 0) is 11.2 Å². The van der Waals surface area contributed by atoms with Gasteiger partial charge in [-0.15, -0.1) is 0 Å². The second-order valence-corrected chi connectivity index (χ2v) is 7.16. The summed E-state index contributed by atoms with van der Waals surface area (Å²) in [6.07, 6.45) is 2.64. The number of carbonyl (C=O) groups excluding carboxylic acids is 1. The van der Waals surface area contributed by atoms with E-state index in [1.54, 1.807) is 0 Å². The Kier molecular flexibility index (Phi) is 6.95. The van der Waals surface area contributed by atoms with Crippen LogP contribution in [0.25, 0.3) is 10.9 Å². The number of para-hydroxylation sites is 1. The van der Waals surface area contributed by atoms with Crippen LogP contribution in [0.3, 0.4) is 0 Å². The van der Waals surface area contributed by atoms with E-state index in [4.69, 9.17) is 0 Å². The molecule has 0 spiro atoms. The van der Waals surface area contributed by atoms with Crippen LogP contribution in [0, 0.1) is 0 Å². The molecule has 2 rings (SSSR count). The number of carbonyl (C=O) groups is 1. The Morgan fingerprint density at radius 1 is 1.15 bits per heavy atom. The minimum Gasteiger partial charge on any atom is -0.357 e. The summed E-state index contributed by atoms with van der Waals surface area (Å²) in [5.74, 6) is 0.553. The lowest BCUT2D eigenvalue weighted by atomic mass is 10.1. The molecule has 1 amide bonds. The lowest BCUT2D eigenvalue weighted by Crippen LogP contribution is -2.43. The third-order valence-corrected chi connectivity index (χ3v) is 3.64. The molecule has 1 aromatic heterocycles. The SMILES string of the molecule is CCNC(=NCC(=O)NC(C)(C)C)NCCc1cccc2cccnc12. The summed E-state index contributed by atoms with van der Waals surface area (Å²) in [5, 5.41) is 10.5. The predicted molar refractivity (Wildman–Crippen MR) is 107 cm³/mol. The van der Waals surface area contributed by atoms with Gasteiger partial charge in [0.2, 0.25) is 5.91 Å². The maximum absolute atomic E-state index is 11.9. The average molecular weight is 355 g/mol. The summed E-state index contributed by atoms with van der Waals surface area (Å²) in [7, 11) is 0. The van der Waals surface area contributed by atoms with Gasteiger partial charge in [-0.3, -0.25) is 9.78 Å². The van der Waals surface area contributed by atoms with Crippen LogP contribution in [0.1, 0.15) is 33.3 Å². The number of rotatable bonds is 6. The topological polar surface area (TPSA) is 78.4 Å². The van der Waals surface area contributed by atoms with Crippen molar-refractivity contribution in [1.29, 1.82) is 0 Å². The largest absolute Gasteiger partial charge is 0.357 e. The first-order chi connectivity index (χ1) is 12.4. The highest BCUT2D eigenvalue weighted by Crippen LogP contribution is 2.15. The fourth-order valence-corrected chi connectivity index (χ4v) is 2.64. The number of nitrogens with one attached hydrogen (secondary N) is 3. The number of aliphatic imine (C=N–C) groups is 1. The van der Waals surface area contributed by atoms with Crippen molar-refractivity contribution in [2.75, 3.05) is 19.6 Å². The maximum atomic E-state index is 11.9. The van der Waals surface area contributed by atoms with Crippen molar-refractivity contribution in [3.8, 4) is 0 Å². The Hall–Kier alpha value is -2.63. The summed E-state index contributed by atoms with van der Waals surface area (Å²) in [5.41, 5.74) is 1.97. The molecule has 1 aromatic carbocycles. The van der Waals surface area contributed by atoms with Crippen molar-refractivity contribution < 1.29 is 4.79 Å². The van der Waals surface area contributed by atoms with Crippen molar-refractivity contribution in [1.82, 2.24) is 20.9 Å². The molecule has 2 aromatic rings. The highest BCUT2D eigenvalue weighted by molar-refractivity contribution is 5.85. The van der Waals surface area contributed by atoms with Crippen LogP contribution in [0.15, 0.2) is 41.5 Å². The summed E-state index contributed by atoms with van der Waals surface area (Å²) in [6.45, 7) is 9.41. The monoisotopic (exact) mass is 355 g/mol. The Morgan fingerprint density at radius 3 is 2.65 bits per heavy atom. The molecule has 0 saturated heterocycles. The second kappa shape index (κ2) is 9.17. The smallest absolute Gasteiger partial charge is 0.242 e. The van der Waals surface area contributed by atoms with Crippen molar-refractivity contribution in [3.63, 3.8) is 0 Å². The van der Waals surface area contributed by atoms with Crippen LogP contribution < -0.4 is 16.0 Å². The van der Waals surface area contributed by atoms with E-state index in [1.807, 2.05) is 40.0 Å². The summed E-state index contributed by atoms with van der Waals surface area (Å²) in [6, 6.07) is 10.2. The lowest BCUT2D eigenvalue weighted by Gasteiger charge is -2.20. The third-order valence-electron chi connectivity index (χ3n) is 3.64. The molecule has 140 valence electrons. The van der Waals surface area contributed by atoms with Gasteiger partial charge in [-0.25, -0.2) is 4.99 Å². The Balaban J connectivity index is 1.93. The van der Waals surface area contributed by atoms with Crippen molar-refractivity contribution >= 4 is 22.8 Å². The Morgan fingerprint density at radius 2 is 1.92 bits per heavy atom. The molecule has 0 aliphatic rings. The minimum absolute atomic E-state index is 0.0899. The molecule has 0 aliphatic carbocycles. The van der Waals surface area contributed by atoms with E-state index in [1.165, 1.54) is 5.56 Å². The Bertz CT molecular complexity index is 759. The summed E-state index contributed by atoms with van der Waals surface area (Å²) in [4.78, 5) is 20.8. The van der Waals surface area contributed by atoms with Gasteiger partial charge in [-0.2, -0.15) is 0 Å². The van der Waals surface area contributed by atoms with E-state index < -0.39 is 0 Å². The molecule has 0 saturated carbocycles. The van der Waals surface area contributed by atoms with E-state index >= 15 is 0 Å². The van der Waals surface area contributed by atoms with Crippen LogP contribution in [0.2, 0.25) is 0 Å². The van der Waals surface area contributed by atoms with Crippen LogP contribution in [0.5, 0.6) is 0 Å². The number of guanidine groups is 1. The molecule has 1 heterocycles. The molecule has 6 nitrogen and oxygen atoms in total. The number of aromatic nitrogens is 1. The molecule has 3 N–H and O–H groups in total. The molecule has 0 atom stereocenters. The molecule has 6 heteroatoms. The third kappa shape index (κ3) is 6.35. The highest BCUT2D eigenvalue weighted by atomic mass is 16.2. The van der Waals surface area contributed by atoms with Gasteiger partial charge >= 0.3 is 0 Å². The van der Waals surface area contributed by atoms with Gasteiger partial charge in [0.25, 0.3) is 0 Å². The second-order valence-electron chi connectivity index (χ2n) is 7.16. The van der Waals surface area contributed by atoms with Gasteiger partial charge in [0.15, 0.2) is 5.96 Å². The van der Waals surface area contributed by atoms with E-state index in [2.05, 4.69) is 50.2 Å². The number of amides is 1. The van der Waals surface area contributed by atoms with E-state index in [9.17, 15) is 4.79 Å². The average Bonchev–Trinajstić information content (AvgIpc) is 2.58. The van der Waals surface area contributed by atoms with E-state index in [0.29, 0.717) is 12.5 Å². The number of pyridine rings is 1. The normalized spacial score (nSPS) is 12.1. The number of hydrogen-bond acceptors (Lipinski definition) is 3. The molecule has 0 bridgehead atoms. The van der Waals surface area contributed by atoms with Crippen molar-refractivity contribution in [2.24, 2.45) is 4.99 Å². The highest BCUT2D eigenvalue weighted by Gasteiger charge is 2.13. The zero-order chi connectivity index (χ0) is 19.0. The standard InChI is InChI=1S/C20H29N5O/c1-5-21-19(24-14-17(26)25-20(2,3)4)23-13-11-16-9-6-8-15-10-7-12-22-18(15)16/h6-10,12H,5,11,13-14H2,1-4H3,(H,25,26)(H2,21,23,24). The fourth-order valence-electron chi connectivity index (χ4n) is 2.64. The first-order valence-electron chi connectivity index (χ1n) is 9.05. The molecule has 0 unspecified atom stereocenters. The Labute approximate surface area is 155 Å². The van der Waals surface area contributed by atoms with Gasteiger partial charge < -0.3 is 16.0 Å². The first-order valence-corrected chi connectivity index (χ1v) is 9.05. The number of fused-ring (bicyclic) bond motifs is 1. The summed E-state index contributed by atoms with van der Waals surface area (Å²) < 4.78 is 0. The van der Waals surface area contributed by atoms with Gasteiger partial charge in [0.05, 0.1) is 5.52 Å². The number of benzene rings is 1. The molecule has 0 fully saturated rings. The molecule has 0 aliphatic heterocycles. The fraction of sp³-hybridized carbons (Fsp3) is 0.450. The van der Waals surface area contributed by atoms with E-state index in [0.717, 1.165) is 23.9 Å². The van der Waals surface area contributed by atoms with Crippen LogP contribution in [0.4, 0.5) is 0 Å². The lowest BCUT2D eigenvalue weighted by molar-refractivity contribution is -0.121. The molecule has 26 heavy (non-hydrogen) atoms. The number of hydrogen-bond donors (Lipinski definition) is 3. The molecule has 0 radical (unpaired) electrons. The van der Waals surface area contributed by atoms with Crippen LogP contribution in [-0.4, -0.2) is 42.0 Å². The number of nitrogens with zero attached hydrogens (tertiary/aromatic N) is 2. The van der Waals surface area contributed by atoms with Gasteiger partial charge in [0, 0.05) is 30.2 Å². The van der Waals surface area contributed by atoms with Crippen LogP contribution >= 0.6 is 0 Å². The van der Waals surface area contributed by atoms with Gasteiger partial charge in [-0.1, -0.05) is 24.3 Å². The minimum atomic E-state index is -0.250.